The Morgan fingerprint density at radius 1 is 1.50 bits per heavy atom. The van der Waals surface area contributed by atoms with Crippen LogP contribution in [0.3, 0.4) is 0 Å². The number of amides is 1. The van der Waals surface area contributed by atoms with E-state index in [2.05, 4.69) is 6.58 Å². The van der Waals surface area contributed by atoms with Gasteiger partial charge in [-0.05, 0) is 27.2 Å². The van der Waals surface area contributed by atoms with Crippen molar-refractivity contribution in [1.82, 2.24) is 4.90 Å². The third-order valence-electron chi connectivity index (χ3n) is 1.95. The van der Waals surface area contributed by atoms with Gasteiger partial charge in [0.1, 0.15) is 0 Å². The molecule has 0 aliphatic heterocycles. The molecule has 0 heterocycles. The number of hydrogen-bond acceptors (Lipinski definition) is 1. The quantitative estimate of drug-likeness (QED) is 0.512. The van der Waals surface area contributed by atoms with Gasteiger partial charge in [-0.2, -0.15) is 0 Å². The second-order valence-corrected chi connectivity index (χ2v) is 4.63. The fourth-order valence-corrected chi connectivity index (χ4v) is 1.37. The molecule has 0 N–H and O–H groups in total. The van der Waals surface area contributed by atoms with Crippen LogP contribution in [0.4, 0.5) is 0 Å². The van der Waals surface area contributed by atoms with Gasteiger partial charge < -0.3 is 4.90 Å². The smallest absolute Gasteiger partial charge is 0.223 e. The van der Waals surface area contributed by atoms with Crippen LogP contribution in [-0.4, -0.2) is 28.8 Å². The first kappa shape index (κ1) is 13.5. The molecule has 3 heteroatoms. The summed E-state index contributed by atoms with van der Waals surface area (Å²) >= 11 is 5.55. The minimum absolute atomic E-state index is 0.141. The molecule has 0 aromatic rings. The molecular weight excluding hydrogens is 198 g/mol. The van der Waals surface area contributed by atoms with Crippen LogP contribution in [0.5, 0.6) is 0 Å². The van der Waals surface area contributed by atoms with E-state index in [9.17, 15) is 4.79 Å². The third-order valence-corrected chi connectivity index (χ3v) is 2.21. The van der Waals surface area contributed by atoms with E-state index in [0.29, 0.717) is 18.8 Å². The molecule has 0 atom stereocenters. The van der Waals surface area contributed by atoms with Crippen molar-refractivity contribution in [1.29, 1.82) is 0 Å². The zero-order chi connectivity index (χ0) is 11.2. The van der Waals surface area contributed by atoms with Crippen molar-refractivity contribution in [2.24, 2.45) is 0 Å². The van der Waals surface area contributed by atoms with Crippen LogP contribution in [0.1, 0.15) is 33.6 Å². The van der Waals surface area contributed by atoms with E-state index in [1.165, 1.54) is 0 Å². The van der Waals surface area contributed by atoms with E-state index in [4.69, 9.17) is 11.6 Å². The van der Waals surface area contributed by atoms with Crippen molar-refractivity contribution >= 4 is 17.5 Å². The summed E-state index contributed by atoms with van der Waals surface area (Å²) in [7, 11) is 0. The second kappa shape index (κ2) is 6.07. The molecule has 0 aliphatic rings. The first-order chi connectivity index (χ1) is 6.43. The number of hydrogen-bond donors (Lipinski definition) is 0. The maximum Gasteiger partial charge on any atom is 0.223 e. The highest BCUT2D eigenvalue weighted by atomic mass is 35.5. The van der Waals surface area contributed by atoms with Crippen LogP contribution in [0.15, 0.2) is 12.7 Å². The van der Waals surface area contributed by atoms with Crippen LogP contribution in [0.25, 0.3) is 0 Å². The Kier molecular flexibility index (Phi) is 5.86. The van der Waals surface area contributed by atoms with Crippen molar-refractivity contribution in [2.45, 2.75) is 39.2 Å². The Hall–Kier alpha value is -0.500. The summed E-state index contributed by atoms with van der Waals surface area (Å²) in [6.45, 7) is 10.3. The SMILES string of the molecule is C=CCN(C(=O)CCCCl)C(C)(C)C. The highest BCUT2D eigenvalue weighted by Gasteiger charge is 2.24. The molecule has 0 saturated carbocycles. The highest BCUT2D eigenvalue weighted by molar-refractivity contribution is 6.17. The normalized spacial score (nSPS) is 11.1. The molecule has 0 spiro atoms. The zero-order valence-corrected chi connectivity index (χ0v) is 10.1. The van der Waals surface area contributed by atoms with Crippen LogP contribution in [0, 0.1) is 0 Å². The maximum atomic E-state index is 11.8. The van der Waals surface area contributed by atoms with Crippen LogP contribution >= 0.6 is 11.6 Å². The standard InChI is InChI=1S/C11H20ClNO/c1-5-9-13(11(2,3)4)10(14)7-6-8-12/h5H,1,6-9H2,2-4H3. The first-order valence-corrected chi connectivity index (χ1v) is 5.44. The predicted octanol–water partition coefficient (Wildman–Crippen LogP) is 2.82. The van der Waals surface area contributed by atoms with E-state index in [1.807, 2.05) is 25.7 Å². The average Bonchev–Trinajstić information content (AvgIpc) is 2.08. The summed E-state index contributed by atoms with van der Waals surface area (Å²) in [5, 5.41) is 0. The number of nitrogens with zero attached hydrogens (tertiary/aromatic N) is 1. The summed E-state index contributed by atoms with van der Waals surface area (Å²) in [5.41, 5.74) is -0.141. The van der Waals surface area contributed by atoms with Crippen molar-refractivity contribution in [2.75, 3.05) is 12.4 Å². The van der Waals surface area contributed by atoms with Crippen LogP contribution in [-0.2, 0) is 4.79 Å². The molecule has 82 valence electrons. The van der Waals surface area contributed by atoms with Gasteiger partial charge >= 0.3 is 0 Å². The fraction of sp³-hybridized carbons (Fsp3) is 0.727. The van der Waals surface area contributed by atoms with E-state index in [-0.39, 0.29) is 11.4 Å². The lowest BCUT2D eigenvalue weighted by Gasteiger charge is -2.35. The van der Waals surface area contributed by atoms with E-state index < -0.39 is 0 Å². The zero-order valence-electron chi connectivity index (χ0n) is 9.35. The van der Waals surface area contributed by atoms with Crippen molar-refractivity contribution in [3.63, 3.8) is 0 Å². The van der Waals surface area contributed by atoms with Crippen LogP contribution < -0.4 is 0 Å². The minimum Gasteiger partial charge on any atom is -0.334 e. The first-order valence-electron chi connectivity index (χ1n) is 4.90. The molecule has 0 unspecified atom stereocenters. The molecular formula is C11H20ClNO. The number of alkyl halides is 1. The van der Waals surface area contributed by atoms with Crippen molar-refractivity contribution in [3.8, 4) is 0 Å². The predicted molar refractivity (Wildman–Crippen MR) is 61.6 cm³/mol. The van der Waals surface area contributed by atoms with Gasteiger partial charge in [0.25, 0.3) is 0 Å². The Morgan fingerprint density at radius 3 is 2.43 bits per heavy atom. The molecule has 0 rings (SSSR count). The van der Waals surface area contributed by atoms with E-state index in [1.54, 1.807) is 6.08 Å². The molecule has 0 aliphatic carbocycles. The topological polar surface area (TPSA) is 20.3 Å². The highest BCUT2D eigenvalue weighted by Crippen LogP contribution is 2.15. The second-order valence-electron chi connectivity index (χ2n) is 4.26. The maximum absolute atomic E-state index is 11.8. The van der Waals surface area contributed by atoms with Gasteiger partial charge in [0.15, 0.2) is 0 Å². The molecule has 0 bridgehead atoms. The fourth-order valence-electron chi connectivity index (χ4n) is 1.23. The van der Waals surface area contributed by atoms with Gasteiger partial charge in [0, 0.05) is 24.4 Å². The molecule has 14 heavy (non-hydrogen) atoms. The number of rotatable bonds is 5. The van der Waals surface area contributed by atoms with Gasteiger partial charge in [0.2, 0.25) is 5.91 Å². The Morgan fingerprint density at radius 2 is 2.07 bits per heavy atom. The lowest BCUT2D eigenvalue weighted by molar-refractivity contribution is -0.135. The minimum atomic E-state index is -0.141. The lowest BCUT2D eigenvalue weighted by Crippen LogP contribution is -2.45. The Balaban J connectivity index is 4.33. The molecule has 0 fully saturated rings. The lowest BCUT2D eigenvalue weighted by atomic mass is 10.1. The molecule has 1 amide bonds. The van der Waals surface area contributed by atoms with Gasteiger partial charge in [-0.25, -0.2) is 0 Å². The van der Waals surface area contributed by atoms with Gasteiger partial charge in [0.05, 0.1) is 0 Å². The third kappa shape index (κ3) is 4.66. The summed E-state index contributed by atoms with van der Waals surface area (Å²) < 4.78 is 0. The summed E-state index contributed by atoms with van der Waals surface area (Å²) in [5.74, 6) is 0.690. The summed E-state index contributed by atoms with van der Waals surface area (Å²) in [4.78, 5) is 13.6. The molecule has 0 aromatic heterocycles. The Labute approximate surface area is 91.9 Å². The summed E-state index contributed by atoms with van der Waals surface area (Å²) in [6.07, 6.45) is 3.02. The number of carbonyl (C=O) groups is 1. The molecule has 2 nitrogen and oxygen atoms in total. The van der Waals surface area contributed by atoms with Crippen molar-refractivity contribution in [3.05, 3.63) is 12.7 Å². The van der Waals surface area contributed by atoms with E-state index >= 15 is 0 Å². The molecule has 0 saturated heterocycles. The number of halogens is 1. The summed E-state index contributed by atoms with van der Waals surface area (Å²) in [6, 6.07) is 0. The van der Waals surface area contributed by atoms with Crippen LogP contribution in [0.2, 0.25) is 0 Å². The average molecular weight is 218 g/mol. The van der Waals surface area contributed by atoms with Gasteiger partial charge in [-0.3, -0.25) is 4.79 Å². The van der Waals surface area contributed by atoms with Gasteiger partial charge in [-0.1, -0.05) is 6.08 Å². The Bertz CT molecular complexity index is 196. The largest absolute Gasteiger partial charge is 0.334 e. The molecule has 0 radical (unpaired) electrons. The molecule has 0 aromatic carbocycles. The monoisotopic (exact) mass is 217 g/mol. The van der Waals surface area contributed by atoms with Crippen molar-refractivity contribution < 1.29 is 4.79 Å². The number of carbonyl (C=O) groups excluding carboxylic acids is 1. The van der Waals surface area contributed by atoms with E-state index in [0.717, 1.165) is 6.42 Å². The van der Waals surface area contributed by atoms with Gasteiger partial charge in [-0.15, -0.1) is 18.2 Å².